The number of amides is 1. The molecule has 3 rings (SSSR count). The van der Waals surface area contributed by atoms with Crippen molar-refractivity contribution >= 4 is 29.0 Å². The van der Waals surface area contributed by atoms with Crippen molar-refractivity contribution in [3.63, 3.8) is 0 Å². The molecule has 0 saturated carbocycles. The largest absolute Gasteiger partial charge is 0.345 e. The van der Waals surface area contributed by atoms with Gasteiger partial charge in [-0.05, 0) is 11.8 Å². The number of rotatable bonds is 7. The second kappa shape index (κ2) is 8.77. The van der Waals surface area contributed by atoms with Crippen LogP contribution in [0, 0.1) is 0 Å². The lowest BCUT2D eigenvalue weighted by Gasteiger charge is -2.04. The van der Waals surface area contributed by atoms with Crippen LogP contribution in [0.25, 0.3) is 0 Å². The number of nitrogens with zero attached hydrogens (tertiary/aromatic N) is 2. The number of thioether (sulfide) groups is 1. The van der Waals surface area contributed by atoms with Crippen molar-refractivity contribution in [3.8, 4) is 0 Å². The van der Waals surface area contributed by atoms with E-state index in [0.717, 1.165) is 17.1 Å². The van der Waals surface area contributed by atoms with Gasteiger partial charge in [0.15, 0.2) is 0 Å². The Balaban J connectivity index is 1.61. The molecule has 0 radical (unpaired) electrons. The van der Waals surface area contributed by atoms with E-state index in [1.165, 1.54) is 23.4 Å². The number of H-pyrrole nitrogens is 1. The molecule has 2 aromatic heterocycles. The van der Waals surface area contributed by atoms with Crippen molar-refractivity contribution in [2.75, 3.05) is 6.26 Å². The number of carbonyl (C=O) groups excluding carboxylic acids is 1. The lowest BCUT2D eigenvalue weighted by atomic mass is 10.2. The third kappa shape index (κ3) is 5.03. The Labute approximate surface area is 159 Å². The van der Waals surface area contributed by atoms with E-state index in [1.54, 1.807) is 11.3 Å². The van der Waals surface area contributed by atoms with Crippen LogP contribution in [0.3, 0.4) is 0 Å². The first-order valence-electron chi connectivity index (χ1n) is 7.98. The van der Waals surface area contributed by atoms with Crippen LogP contribution in [0.4, 0.5) is 0 Å². The molecule has 26 heavy (non-hydrogen) atoms. The molecule has 0 fully saturated rings. The Morgan fingerprint density at radius 2 is 2.08 bits per heavy atom. The van der Waals surface area contributed by atoms with Gasteiger partial charge in [0.25, 0.3) is 11.5 Å². The van der Waals surface area contributed by atoms with Gasteiger partial charge >= 0.3 is 0 Å². The van der Waals surface area contributed by atoms with Crippen LogP contribution in [-0.4, -0.2) is 27.1 Å². The van der Waals surface area contributed by atoms with Crippen molar-refractivity contribution < 1.29 is 4.79 Å². The third-order valence-electron chi connectivity index (χ3n) is 3.53. The van der Waals surface area contributed by atoms with Crippen LogP contribution in [0.2, 0.25) is 0 Å². The Bertz CT molecular complexity index is 938. The monoisotopic (exact) mass is 386 g/mol. The zero-order chi connectivity index (χ0) is 18.4. The van der Waals surface area contributed by atoms with Gasteiger partial charge in [0, 0.05) is 17.9 Å². The van der Waals surface area contributed by atoms with Gasteiger partial charge in [0.1, 0.15) is 11.5 Å². The first-order valence-corrected chi connectivity index (χ1v) is 10.3. The fourth-order valence-corrected chi connectivity index (χ4v) is 3.61. The summed E-state index contributed by atoms with van der Waals surface area (Å²) in [6.07, 6.45) is 2.68. The number of benzene rings is 1. The van der Waals surface area contributed by atoms with Crippen molar-refractivity contribution in [2.45, 2.75) is 18.7 Å². The topological polar surface area (TPSA) is 87.7 Å². The summed E-state index contributed by atoms with van der Waals surface area (Å²) >= 11 is 3.09. The van der Waals surface area contributed by atoms with E-state index < -0.39 is 0 Å². The summed E-state index contributed by atoms with van der Waals surface area (Å²) in [7, 11) is 0. The number of hydrogen-bond acceptors (Lipinski definition) is 6. The molecule has 1 aromatic carbocycles. The predicted molar refractivity (Wildman–Crippen MR) is 105 cm³/mol. The standard InChI is InChI=1S/C18H18N4O2S2/c1-25-11-15-21-14(8-16(23)22-15)18(24)19-9-13-10-26-17(20-13)7-12-5-3-2-4-6-12/h2-6,8,10H,7,9,11H2,1H3,(H,19,24)(H,21,22,23). The minimum atomic E-state index is -0.379. The summed E-state index contributed by atoms with van der Waals surface area (Å²) in [4.78, 5) is 35.3. The average Bonchev–Trinajstić information content (AvgIpc) is 3.08. The molecule has 0 unspecified atom stereocenters. The van der Waals surface area contributed by atoms with Gasteiger partial charge in [-0.3, -0.25) is 9.59 Å². The smallest absolute Gasteiger partial charge is 0.270 e. The Morgan fingerprint density at radius 1 is 1.27 bits per heavy atom. The molecule has 2 N–H and O–H groups in total. The summed E-state index contributed by atoms with van der Waals surface area (Å²) in [6.45, 7) is 0.302. The van der Waals surface area contributed by atoms with Gasteiger partial charge in [-0.1, -0.05) is 30.3 Å². The predicted octanol–water partition coefficient (Wildman–Crippen LogP) is 2.61. The van der Waals surface area contributed by atoms with E-state index in [-0.39, 0.29) is 17.2 Å². The lowest BCUT2D eigenvalue weighted by Crippen LogP contribution is -2.26. The third-order valence-corrected chi connectivity index (χ3v) is 4.99. The summed E-state index contributed by atoms with van der Waals surface area (Å²) in [5.41, 5.74) is 1.79. The molecule has 0 aliphatic heterocycles. The molecule has 0 atom stereocenters. The van der Waals surface area contributed by atoms with Crippen LogP contribution in [0.5, 0.6) is 0 Å². The quantitative estimate of drug-likeness (QED) is 0.652. The summed E-state index contributed by atoms with van der Waals surface area (Å²) in [5, 5.41) is 5.70. The first kappa shape index (κ1) is 18.3. The molecule has 0 aliphatic rings. The molecular formula is C18H18N4O2S2. The minimum absolute atomic E-state index is 0.123. The normalized spacial score (nSPS) is 10.7. The van der Waals surface area contributed by atoms with E-state index >= 15 is 0 Å². The maximum Gasteiger partial charge on any atom is 0.270 e. The summed E-state index contributed by atoms with van der Waals surface area (Å²) in [5.74, 6) is 0.663. The molecule has 2 heterocycles. The maximum absolute atomic E-state index is 12.3. The number of aromatic nitrogens is 3. The van der Waals surface area contributed by atoms with Crippen molar-refractivity contribution in [1.29, 1.82) is 0 Å². The second-order valence-corrected chi connectivity index (χ2v) is 7.40. The van der Waals surface area contributed by atoms with Crippen LogP contribution in [0.15, 0.2) is 46.6 Å². The average molecular weight is 387 g/mol. The lowest BCUT2D eigenvalue weighted by molar-refractivity contribution is 0.0945. The number of aromatic amines is 1. The highest BCUT2D eigenvalue weighted by atomic mass is 32.2. The number of hydrogen-bond donors (Lipinski definition) is 2. The molecule has 0 saturated heterocycles. The SMILES string of the molecule is CSCc1nc(C(=O)NCc2csc(Cc3ccccc3)n2)cc(=O)[nH]1. The summed E-state index contributed by atoms with van der Waals surface area (Å²) < 4.78 is 0. The molecule has 0 aliphatic carbocycles. The van der Waals surface area contributed by atoms with Gasteiger partial charge in [0.05, 0.1) is 23.0 Å². The van der Waals surface area contributed by atoms with E-state index in [1.807, 2.05) is 29.8 Å². The van der Waals surface area contributed by atoms with E-state index in [0.29, 0.717) is 18.1 Å². The Kier molecular flexibility index (Phi) is 6.19. The van der Waals surface area contributed by atoms with Gasteiger partial charge in [0.2, 0.25) is 0 Å². The molecule has 134 valence electrons. The van der Waals surface area contributed by atoms with Crippen LogP contribution >= 0.6 is 23.1 Å². The Morgan fingerprint density at radius 3 is 2.85 bits per heavy atom. The first-order chi connectivity index (χ1) is 12.6. The van der Waals surface area contributed by atoms with Crippen molar-refractivity contribution in [1.82, 2.24) is 20.3 Å². The number of carbonyl (C=O) groups is 1. The highest BCUT2D eigenvalue weighted by Gasteiger charge is 2.11. The number of nitrogens with one attached hydrogen (secondary N) is 2. The summed E-state index contributed by atoms with van der Waals surface area (Å²) in [6, 6.07) is 11.3. The molecule has 0 spiro atoms. The second-order valence-electron chi connectivity index (χ2n) is 5.59. The van der Waals surface area contributed by atoms with Crippen LogP contribution < -0.4 is 10.9 Å². The Hall–Kier alpha value is -2.45. The van der Waals surface area contributed by atoms with E-state index in [9.17, 15) is 9.59 Å². The van der Waals surface area contributed by atoms with Gasteiger partial charge in [-0.15, -0.1) is 11.3 Å². The molecule has 8 heteroatoms. The van der Waals surface area contributed by atoms with Gasteiger partial charge in [-0.2, -0.15) is 11.8 Å². The highest BCUT2D eigenvalue weighted by molar-refractivity contribution is 7.97. The van der Waals surface area contributed by atoms with Crippen LogP contribution in [0.1, 0.15) is 32.6 Å². The maximum atomic E-state index is 12.3. The van der Waals surface area contributed by atoms with Gasteiger partial charge < -0.3 is 10.3 Å². The van der Waals surface area contributed by atoms with E-state index in [4.69, 9.17) is 0 Å². The zero-order valence-corrected chi connectivity index (χ0v) is 15.8. The zero-order valence-electron chi connectivity index (χ0n) is 14.2. The fraction of sp³-hybridized carbons (Fsp3) is 0.222. The molecule has 3 aromatic rings. The van der Waals surface area contributed by atoms with Crippen molar-refractivity contribution in [2.24, 2.45) is 0 Å². The van der Waals surface area contributed by atoms with Crippen molar-refractivity contribution in [3.05, 3.63) is 79.9 Å². The van der Waals surface area contributed by atoms with Crippen LogP contribution in [-0.2, 0) is 18.7 Å². The van der Waals surface area contributed by atoms with Gasteiger partial charge in [-0.25, -0.2) is 9.97 Å². The molecule has 0 bridgehead atoms. The van der Waals surface area contributed by atoms with E-state index in [2.05, 4.69) is 32.4 Å². The highest BCUT2D eigenvalue weighted by Crippen LogP contribution is 2.14. The molecule has 6 nitrogen and oxygen atoms in total. The number of thiazole rings is 1. The molecule has 1 amide bonds. The minimum Gasteiger partial charge on any atom is -0.345 e. The fourth-order valence-electron chi connectivity index (χ4n) is 2.37. The molecular weight excluding hydrogens is 368 g/mol.